The number of hydrogen-bond acceptors (Lipinski definition) is 4. The van der Waals surface area contributed by atoms with Crippen LogP contribution in [0.2, 0.25) is 0 Å². The van der Waals surface area contributed by atoms with Crippen molar-refractivity contribution < 1.29 is 13.2 Å². The lowest BCUT2D eigenvalue weighted by atomic mass is 9.97. The van der Waals surface area contributed by atoms with Crippen molar-refractivity contribution >= 4 is 21.8 Å². The highest BCUT2D eigenvalue weighted by Crippen LogP contribution is 2.27. The lowest BCUT2D eigenvalue weighted by Gasteiger charge is -2.40. The Balaban J connectivity index is 1.36. The second-order valence-electron chi connectivity index (χ2n) is 9.55. The van der Waals surface area contributed by atoms with Gasteiger partial charge in [-0.1, -0.05) is 25.0 Å². The van der Waals surface area contributed by atoms with Crippen molar-refractivity contribution in [2.24, 2.45) is 5.92 Å². The Labute approximate surface area is 193 Å². The van der Waals surface area contributed by atoms with E-state index in [4.69, 9.17) is 0 Å². The quantitative estimate of drug-likeness (QED) is 0.690. The van der Waals surface area contributed by atoms with Crippen LogP contribution in [-0.4, -0.2) is 80.2 Å². The molecule has 0 unspecified atom stereocenters. The van der Waals surface area contributed by atoms with Crippen molar-refractivity contribution in [3.05, 3.63) is 29.3 Å². The highest BCUT2D eigenvalue weighted by atomic mass is 32.2. The third-order valence-corrected chi connectivity index (χ3v) is 9.46. The number of hydrogen-bond donors (Lipinski definition) is 0. The van der Waals surface area contributed by atoms with E-state index < -0.39 is 10.2 Å². The van der Waals surface area contributed by atoms with Crippen molar-refractivity contribution in [1.29, 1.82) is 0 Å². The second kappa shape index (κ2) is 10.1. The Bertz CT molecular complexity index is 904. The summed E-state index contributed by atoms with van der Waals surface area (Å²) in [7, 11) is -3.47. The first-order chi connectivity index (χ1) is 15.4. The van der Waals surface area contributed by atoms with Gasteiger partial charge in [0.05, 0.1) is 5.92 Å². The second-order valence-corrected chi connectivity index (χ2v) is 11.5. The Hall–Kier alpha value is -1.64. The van der Waals surface area contributed by atoms with E-state index in [1.165, 1.54) is 16.8 Å². The Kier molecular flexibility index (Phi) is 7.42. The maximum absolute atomic E-state index is 13.3. The molecule has 3 aliphatic rings. The molecule has 3 saturated heterocycles. The van der Waals surface area contributed by atoms with Gasteiger partial charge in [-0.25, -0.2) is 0 Å². The van der Waals surface area contributed by atoms with Crippen LogP contribution in [0.4, 0.5) is 5.69 Å². The molecule has 0 radical (unpaired) electrons. The maximum Gasteiger partial charge on any atom is 0.281 e. The summed E-state index contributed by atoms with van der Waals surface area (Å²) in [5.74, 6) is -0.0980. The molecule has 32 heavy (non-hydrogen) atoms. The van der Waals surface area contributed by atoms with Crippen molar-refractivity contribution in [3.8, 4) is 0 Å². The Morgan fingerprint density at radius 3 is 2.19 bits per heavy atom. The predicted molar refractivity (Wildman–Crippen MR) is 128 cm³/mol. The van der Waals surface area contributed by atoms with Gasteiger partial charge in [-0.3, -0.25) is 4.79 Å². The predicted octanol–water partition coefficient (Wildman–Crippen LogP) is 2.78. The van der Waals surface area contributed by atoms with E-state index >= 15 is 0 Å². The molecule has 3 aliphatic heterocycles. The lowest BCUT2D eigenvalue weighted by Crippen LogP contribution is -2.54. The zero-order valence-corrected chi connectivity index (χ0v) is 20.4. The van der Waals surface area contributed by atoms with Gasteiger partial charge in [0.2, 0.25) is 5.91 Å². The van der Waals surface area contributed by atoms with Crippen LogP contribution in [0.5, 0.6) is 0 Å². The minimum Gasteiger partial charge on any atom is -0.368 e. The van der Waals surface area contributed by atoms with Crippen molar-refractivity contribution in [2.45, 2.75) is 52.4 Å². The first-order valence-corrected chi connectivity index (χ1v) is 13.6. The van der Waals surface area contributed by atoms with Crippen molar-refractivity contribution in [3.63, 3.8) is 0 Å². The number of piperazine rings is 1. The van der Waals surface area contributed by atoms with Crippen LogP contribution in [-0.2, 0) is 15.0 Å². The fourth-order valence-corrected chi connectivity index (χ4v) is 7.07. The summed E-state index contributed by atoms with van der Waals surface area (Å²) < 4.78 is 29.7. The largest absolute Gasteiger partial charge is 0.368 e. The third-order valence-electron chi connectivity index (χ3n) is 7.46. The molecule has 7 nitrogen and oxygen atoms in total. The first kappa shape index (κ1) is 23.5. The van der Waals surface area contributed by atoms with Gasteiger partial charge < -0.3 is 9.80 Å². The molecule has 0 saturated carbocycles. The van der Waals surface area contributed by atoms with Crippen LogP contribution in [0.3, 0.4) is 0 Å². The summed E-state index contributed by atoms with van der Waals surface area (Å²) in [6, 6.07) is 6.39. The van der Waals surface area contributed by atoms with Crippen LogP contribution in [0.15, 0.2) is 18.2 Å². The Morgan fingerprint density at radius 2 is 1.50 bits per heavy atom. The summed E-state index contributed by atoms with van der Waals surface area (Å²) >= 11 is 0. The minimum absolute atomic E-state index is 0.126. The number of anilines is 1. The highest BCUT2D eigenvalue weighted by molar-refractivity contribution is 7.86. The average Bonchev–Trinajstić information content (AvgIpc) is 3.11. The molecule has 1 aromatic rings. The van der Waals surface area contributed by atoms with E-state index in [2.05, 4.69) is 36.9 Å². The van der Waals surface area contributed by atoms with Gasteiger partial charge in [0, 0.05) is 58.0 Å². The van der Waals surface area contributed by atoms with E-state index in [-0.39, 0.29) is 11.8 Å². The van der Waals surface area contributed by atoms with Gasteiger partial charge in [0.25, 0.3) is 10.2 Å². The number of carbonyl (C=O) groups is 1. The standard InChI is InChI=1S/C24H38N4O3S/c1-20-9-7-11-23(21(20)2)25-15-17-26(18-16-25)24(29)22-10-8-14-28(19-22)32(30,31)27-12-5-3-4-6-13-27/h7,9,11,22H,3-6,8,10,12-19H2,1-2H3/t22-/m0/s1. The highest BCUT2D eigenvalue weighted by Gasteiger charge is 2.37. The van der Waals surface area contributed by atoms with Crippen LogP contribution in [0.1, 0.15) is 49.7 Å². The summed E-state index contributed by atoms with van der Waals surface area (Å²) in [6.07, 6.45) is 5.59. The molecule has 1 aromatic carbocycles. The third kappa shape index (κ3) is 4.97. The SMILES string of the molecule is Cc1cccc(N2CCN(C(=O)[C@H]3CCCN(S(=O)(=O)N4CCCCCC4)C3)CC2)c1C. The molecule has 8 heteroatoms. The first-order valence-electron chi connectivity index (χ1n) is 12.2. The fourth-order valence-electron chi connectivity index (χ4n) is 5.29. The van der Waals surface area contributed by atoms with Gasteiger partial charge in [0.1, 0.15) is 0 Å². The summed E-state index contributed by atoms with van der Waals surface area (Å²) in [6.45, 7) is 9.39. The van der Waals surface area contributed by atoms with Gasteiger partial charge in [0.15, 0.2) is 0 Å². The van der Waals surface area contributed by atoms with Gasteiger partial charge in [-0.05, 0) is 56.7 Å². The smallest absolute Gasteiger partial charge is 0.281 e. The van der Waals surface area contributed by atoms with Crippen molar-refractivity contribution in [1.82, 2.24) is 13.5 Å². The molecule has 0 bridgehead atoms. The van der Waals surface area contributed by atoms with Crippen LogP contribution < -0.4 is 4.90 Å². The molecular weight excluding hydrogens is 424 g/mol. The van der Waals surface area contributed by atoms with Crippen LogP contribution in [0, 0.1) is 19.8 Å². The number of rotatable bonds is 4. The fraction of sp³-hybridized carbons (Fsp3) is 0.708. The average molecular weight is 463 g/mol. The lowest BCUT2D eigenvalue weighted by molar-refractivity contribution is -0.137. The van der Waals surface area contributed by atoms with E-state index in [9.17, 15) is 13.2 Å². The maximum atomic E-state index is 13.3. The minimum atomic E-state index is -3.47. The zero-order valence-electron chi connectivity index (χ0n) is 19.6. The molecule has 4 rings (SSSR count). The molecule has 0 N–H and O–H groups in total. The van der Waals surface area contributed by atoms with Gasteiger partial charge in [-0.15, -0.1) is 0 Å². The molecule has 0 spiro atoms. The molecule has 178 valence electrons. The van der Waals surface area contributed by atoms with E-state index in [0.717, 1.165) is 51.6 Å². The number of carbonyl (C=O) groups excluding carboxylic acids is 1. The normalized spacial score (nSPS) is 24.4. The number of piperidine rings is 1. The molecular formula is C24H38N4O3S. The summed E-state index contributed by atoms with van der Waals surface area (Å²) in [5.41, 5.74) is 3.84. The van der Waals surface area contributed by atoms with Crippen LogP contribution >= 0.6 is 0 Å². The number of nitrogens with zero attached hydrogens (tertiary/aromatic N) is 4. The van der Waals surface area contributed by atoms with Crippen LogP contribution in [0.25, 0.3) is 0 Å². The molecule has 3 heterocycles. The van der Waals surface area contributed by atoms with E-state index in [1.54, 1.807) is 8.61 Å². The van der Waals surface area contributed by atoms with Gasteiger partial charge >= 0.3 is 0 Å². The topological polar surface area (TPSA) is 64.2 Å². The molecule has 0 aliphatic carbocycles. The summed E-state index contributed by atoms with van der Waals surface area (Å²) in [4.78, 5) is 17.6. The van der Waals surface area contributed by atoms with E-state index in [1.807, 2.05) is 4.90 Å². The Morgan fingerprint density at radius 1 is 0.844 bits per heavy atom. The van der Waals surface area contributed by atoms with Gasteiger partial charge in [-0.2, -0.15) is 17.0 Å². The monoisotopic (exact) mass is 462 g/mol. The molecule has 3 fully saturated rings. The number of aryl methyl sites for hydroxylation is 1. The number of amides is 1. The molecule has 1 amide bonds. The zero-order chi connectivity index (χ0) is 22.7. The van der Waals surface area contributed by atoms with E-state index in [0.29, 0.717) is 39.3 Å². The molecule has 1 atom stereocenters. The number of benzene rings is 1. The molecule has 0 aromatic heterocycles. The summed E-state index contributed by atoms with van der Waals surface area (Å²) in [5, 5.41) is 0. The van der Waals surface area contributed by atoms with Crippen molar-refractivity contribution in [2.75, 3.05) is 57.3 Å².